The van der Waals surface area contributed by atoms with Crippen molar-refractivity contribution < 1.29 is 18.3 Å². The van der Waals surface area contributed by atoms with E-state index in [1.165, 1.54) is 11.3 Å². The predicted octanol–water partition coefficient (Wildman–Crippen LogP) is 2.66. The highest BCUT2D eigenvalue weighted by molar-refractivity contribution is 7.22. The smallest absolute Gasteiger partial charge is 0.395 e. The van der Waals surface area contributed by atoms with Crippen molar-refractivity contribution >= 4 is 26.7 Å². The first-order valence-corrected chi connectivity index (χ1v) is 6.09. The van der Waals surface area contributed by atoms with Gasteiger partial charge in [-0.15, -0.1) is 0 Å². The van der Waals surface area contributed by atoms with E-state index in [0.29, 0.717) is 5.52 Å². The monoisotopic (exact) mass is 276 g/mol. The molecule has 98 valence electrons. The Morgan fingerprint density at radius 1 is 1.28 bits per heavy atom. The number of para-hydroxylation sites is 1. The number of anilines is 1. The first-order valence-electron chi connectivity index (χ1n) is 5.28. The third-order valence-corrected chi connectivity index (χ3v) is 3.39. The molecule has 0 atom stereocenters. The van der Waals surface area contributed by atoms with Crippen molar-refractivity contribution in [3.05, 3.63) is 24.3 Å². The quantitative estimate of drug-likeness (QED) is 0.932. The molecule has 0 radical (unpaired) electrons. The Labute approximate surface area is 105 Å². The van der Waals surface area contributed by atoms with Crippen LogP contribution in [0.25, 0.3) is 10.2 Å². The molecule has 0 spiro atoms. The summed E-state index contributed by atoms with van der Waals surface area (Å²) in [6.45, 7) is -1.53. The Hall–Kier alpha value is -1.34. The lowest BCUT2D eigenvalue weighted by molar-refractivity contribution is -0.119. The standard InChI is InChI=1S/C11H11F3N2OS/c12-11(13,14)7-16(5-6-17)10-15-8-3-1-2-4-9(8)18-10/h1-4,17H,5-7H2. The number of alkyl halides is 3. The van der Waals surface area contributed by atoms with Gasteiger partial charge in [-0.1, -0.05) is 23.5 Å². The Morgan fingerprint density at radius 3 is 2.61 bits per heavy atom. The summed E-state index contributed by atoms with van der Waals surface area (Å²) in [5.41, 5.74) is 0.669. The lowest BCUT2D eigenvalue weighted by atomic mass is 10.3. The molecule has 0 aliphatic heterocycles. The molecule has 0 amide bonds. The maximum absolute atomic E-state index is 12.4. The number of halogens is 3. The van der Waals surface area contributed by atoms with Crippen LogP contribution in [0.4, 0.5) is 18.3 Å². The van der Waals surface area contributed by atoms with E-state index in [1.54, 1.807) is 18.2 Å². The summed E-state index contributed by atoms with van der Waals surface area (Å²) in [6, 6.07) is 7.15. The van der Waals surface area contributed by atoms with Crippen LogP contribution >= 0.6 is 11.3 Å². The maximum atomic E-state index is 12.4. The molecule has 0 fully saturated rings. The highest BCUT2D eigenvalue weighted by atomic mass is 32.1. The summed E-state index contributed by atoms with van der Waals surface area (Å²) < 4.78 is 38.1. The van der Waals surface area contributed by atoms with E-state index in [-0.39, 0.29) is 18.3 Å². The highest BCUT2D eigenvalue weighted by Gasteiger charge is 2.31. The molecule has 1 N–H and O–H groups in total. The highest BCUT2D eigenvalue weighted by Crippen LogP contribution is 2.30. The molecule has 2 rings (SSSR count). The van der Waals surface area contributed by atoms with Crippen LogP contribution in [0.1, 0.15) is 0 Å². The molecule has 1 heterocycles. The zero-order valence-corrected chi connectivity index (χ0v) is 10.1. The topological polar surface area (TPSA) is 36.4 Å². The van der Waals surface area contributed by atoms with Gasteiger partial charge in [0, 0.05) is 6.54 Å². The number of aliphatic hydroxyl groups excluding tert-OH is 1. The molecule has 18 heavy (non-hydrogen) atoms. The third kappa shape index (κ3) is 3.11. The zero-order chi connectivity index (χ0) is 13.2. The Balaban J connectivity index is 2.29. The predicted molar refractivity (Wildman–Crippen MR) is 65.0 cm³/mol. The SMILES string of the molecule is OCCN(CC(F)(F)F)c1nc2ccccc2s1. The molecule has 1 aromatic carbocycles. The molecule has 3 nitrogen and oxygen atoms in total. The fraction of sp³-hybridized carbons (Fsp3) is 0.364. The first kappa shape index (κ1) is 13.1. The number of aromatic nitrogens is 1. The van der Waals surface area contributed by atoms with Crippen molar-refractivity contribution in [1.29, 1.82) is 0 Å². The van der Waals surface area contributed by atoms with Crippen LogP contribution < -0.4 is 4.90 Å². The van der Waals surface area contributed by atoms with E-state index in [4.69, 9.17) is 5.11 Å². The van der Waals surface area contributed by atoms with Crippen molar-refractivity contribution in [2.45, 2.75) is 6.18 Å². The molecular weight excluding hydrogens is 265 g/mol. The van der Waals surface area contributed by atoms with E-state index >= 15 is 0 Å². The summed E-state index contributed by atoms with van der Waals surface area (Å²) in [4.78, 5) is 5.20. The minimum absolute atomic E-state index is 0.0840. The second kappa shape index (κ2) is 5.11. The molecule has 7 heteroatoms. The number of fused-ring (bicyclic) bond motifs is 1. The fourth-order valence-electron chi connectivity index (χ4n) is 1.57. The average Bonchev–Trinajstić information content (AvgIpc) is 2.70. The van der Waals surface area contributed by atoms with Gasteiger partial charge in [-0.3, -0.25) is 0 Å². The van der Waals surface area contributed by atoms with Crippen LogP contribution in [-0.4, -0.2) is 36.0 Å². The molecular formula is C11H11F3N2OS. The van der Waals surface area contributed by atoms with Crippen molar-refractivity contribution in [3.63, 3.8) is 0 Å². The van der Waals surface area contributed by atoms with Crippen LogP contribution in [0.2, 0.25) is 0 Å². The number of benzene rings is 1. The number of rotatable bonds is 4. The summed E-state index contributed by atoms with van der Waals surface area (Å²) in [6.07, 6.45) is -4.31. The van der Waals surface area contributed by atoms with Crippen LogP contribution in [0.5, 0.6) is 0 Å². The Kier molecular flexibility index (Phi) is 3.72. The van der Waals surface area contributed by atoms with E-state index in [9.17, 15) is 13.2 Å². The van der Waals surface area contributed by atoms with E-state index < -0.39 is 12.7 Å². The molecule has 0 bridgehead atoms. The number of aliphatic hydroxyl groups is 1. The third-order valence-electron chi connectivity index (χ3n) is 2.29. The van der Waals surface area contributed by atoms with Gasteiger partial charge in [-0.2, -0.15) is 13.2 Å². The molecule has 0 unspecified atom stereocenters. The van der Waals surface area contributed by atoms with Crippen LogP contribution in [-0.2, 0) is 0 Å². The average molecular weight is 276 g/mol. The van der Waals surface area contributed by atoms with Crippen LogP contribution in [0, 0.1) is 0 Å². The molecule has 2 aromatic rings. The van der Waals surface area contributed by atoms with Crippen LogP contribution in [0.15, 0.2) is 24.3 Å². The first-order chi connectivity index (χ1) is 8.49. The van der Waals surface area contributed by atoms with Gasteiger partial charge in [0.1, 0.15) is 6.54 Å². The summed E-state index contributed by atoms with van der Waals surface area (Å²) in [7, 11) is 0. The van der Waals surface area contributed by atoms with Crippen molar-refractivity contribution in [3.8, 4) is 0 Å². The molecule has 1 aromatic heterocycles. The van der Waals surface area contributed by atoms with Crippen molar-refractivity contribution in [2.24, 2.45) is 0 Å². The summed E-state index contributed by atoms with van der Waals surface area (Å²) in [5, 5.41) is 9.12. The van der Waals surface area contributed by atoms with Gasteiger partial charge in [0.2, 0.25) is 0 Å². The molecule has 0 aliphatic rings. The van der Waals surface area contributed by atoms with Gasteiger partial charge in [0.25, 0.3) is 0 Å². The van der Waals surface area contributed by atoms with E-state index in [0.717, 1.165) is 9.60 Å². The van der Waals surface area contributed by atoms with Gasteiger partial charge in [0.15, 0.2) is 5.13 Å². The zero-order valence-electron chi connectivity index (χ0n) is 9.31. The normalized spacial score (nSPS) is 12.0. The number of hydrogen-bond donors (Lipinski definition) is 1. The largest absolute Gasteiger partial charge is 0.406 e. The molecule has 0 saturated carbocycles. The number of hydrogen-bond acceptors (Lipinski definition) is 4. The van der Waals surface area contributed by atoms with Gasteiger partial charge in [-0.05, 0) is 12.1 Å². The van der Waals surface area contributed by atoms with E-state index in [1.807, 2.05) is 6.07 Å². The maximum Gasteiger partial charge on any atom is 0.406 e. The van der Waals surface area contributed by atoms with Crippen LogP contribution in [0.3, 0.4) is 0 Å². The number of thiazole rings is 1. The second-order valence-electron chi connectivity index (χ2n) is 3.72. The summed E-state index contributed by atoms with van der Waals surface area (Å²) in [5.74, 6) is 0. The van der Waals surface area contributed by atoms with Crippen molar-refractivity contribution in [2.75, 3.05) is 24.6 Å². The second-order valence-corrected chi connectivity index (χ2v) is 4.73. The van der Waals surface area contributed by atoms with Gasteiger partial charge < -0.3 is 10.0 Å². The lowest BCUT2D eigenvalue weighted by Gasteiger charge is -2.21. The molecule has 0 saturated heterocycles. The van der Waals surface area contributed by atoms with Gasteiger partial charge >= 0.3 is 6.18 Å². The molecule has 0 aliphatic carbocycles. The van der Waals surface area contributed by atoms with Gasteiger partial charge in [0.05, 0.1) is 16.8 Å². The lowest BCUT2D eigenvalue weighted by Crippen LogP contribution is -2.36. The summed E-state index contributed by atoms with van der Waals surface area (Å²) >= 11 is 1.19. The fourth-order valence-corrected chi connectivity index (χ4v) is 2.57. The van der Waals surface area contributed by atoms with Gasteiger partial charge in [-0.25, -0.2) is 4.98 Å². The van der Waals surface area contributed by atoms with Crippen molar-refractivity contribution in [1.82, 2.24) is 4.98 Å². The minimum Gasteiger partial charge on any atom is -0.395 e. The Morgan fingerprint density at radius 2 is 2.00 bits per heavy atom. The number of nitrogens with zero attached hydrogens (tertiary/aromatic N) is 2. The minimum atomic E-state index is -4.31. The Bertz CT molecular complexity index is 493. The van der Waals surface area contributed by atoms with E-state index in [2.05, 4.69) is 4.98 Å².